The summed E-state index contributed by atoms with van der Waals surface area (Å²) >= 11 is 4.63. The van der Waals surface area contributed by atoms with Gasteiger partial charge in [0.1, 0.15) is 5.03 Å². The second kappa shape index (κ2) is 6.58. The Morgan fingerprint density at radius 2 is 2.14 bits per heavy atom. The molecule has 3 rings (SSSR count). The lowest BCUT2D eigenvalue weighted by atomic mass is 10.4. The number of aromatic nitrogens is 6. The summed E-state index contributed by atoms with van der Waals surface area (Å²) in [5.74, 6) is 0.603. The lowest BCUT2D eigenvalue weighted by Crippen LogP contribution is -2.05. The quantitative estimate of drug-likeness (QED) is 0.523. The van der Waals surface area contributed by atoms with Gasteiger partial charge in [-0.05, 0) is 24.4 Å². The van der Waals surface area contributed by atoms with Crippen LogP contribution in [0.4, 0.5) is 5.95 Å². The van der Waals surface area contributed by atoms with Gasteiger partial charge in [-0.25, -0.2) is 4.98 Å². The molecule has 0 fully saturated rings. The first-order valence-corrected chi connectivity index (χ1v) is 9.16. The van der Waals surface area contributed by atoms with Crippen LogP contribution in [-0.4, -0.2) is 43.2 Å². The molecule has 7 nitrogen and oxygen atoms in total. The highest BCUT2D eigenvalue weighted by atomic mass is 32.2. The van der Waals surface area contributed by atoms with Crippen LogP contribution >= 0.6 is 34.9 Å². The Hall–Kier alpha value is -1.39. The number of rotatable bonds is 6. The van der Waals surface area contributed by atoms with E-state index in [0.717, 1.165) is 37.7 Å². The van der Waals surface area contributed by atoms with Gasteiger partial charge < -0.3 is 5.32 Å². The average molecular weight is 339 g/mol. The summed E-state index contributed by atoms with van der Waals surface area (Å²) in [6.07, 6.45) is 4.73. The highest BCUT2D eigenvalue weighted by Gasteiger charge is 2.13. The molecule has 3 heterocycles. The van der Waals surface area contributed by atoms with Crippen LogP contribution < -0.4 is 5.32 Å². The number of nitrogens with zero attached hydrogens (tertiary/aromatic N) is 5. The van der Waals surface area contributed by atoms with Gasteiger partial charge in [0.2, 0.25) is 5.95 Å². The second-order valence-corrected chi connectivity index (χ2v) is 7.32. The summed E-state index contributed by atoms with van der Waals surface area (Å²) in [5.41, 5.74) is 0.723. The van der Waals surface area contributed by atoms with Gasteiger partial charge in [0.15, 0.2) is 14.3 Å². The van der Waals surface area contributed by atoms with Crippen molar-refractivity contribution in [1.29, 1.82) is 0 Å². The van der Waals surface area contributed by atoms with Crippen molar-refractivity contribution in [3.63, 3.8) is 0 Å². The zero-order chi connectivity index (χ0) is 14.7. The Morgan fingerprint density at radius 3 is 2.90 bits per heavy atom. The average Bonchev–Trinajstić information content (AvgIpc) is 3.13. The minimum absolute atomic E-state index is 0.603. The highest BCUT2D eigenvalue weighted by Crippen LogP contribution is 2.35. The van der Waals surface area contributed by atoms with Crippen molar-refractivity contribution >= 4 is 51.8 Å². The summed E-state index contributed by atoms with van der Waals surface area (Å²) in [4.78, 5) is 8.96. The van der Waals surface area contributed by atoms with Crippen LogP contribution in [0, 0.1) is 0 Å². The van der Waals surface area contributed by atoms with E-state index in [4.69, 9.17) is 0 Å². The maximum absolute atomic E-state index is 4.55. The normalized spacial score (nSPS) is 11.1. The van der Waals surface area contributed by atoms with E-state index in [2.05, 4.69) is 42.6 Å². The number of thioether (sulfide) groups is 1. The van der Waals surface area contributed by atoms with E-state index >= 15 is 0 Å². The molecule has 0 unspecified atom stereocenters. The summed E-state index contributed by atoms with van der Waals surface area (Å²) in [6, 6.07) is 0. The number of aromatic amines is 1. The van der Waals surface area contributed by atoms with Crippen LogP contribution in [0.1, 0.15) is 13.3 Å². The Bertz CT molecular complexity index is 738. The molecule has 0 saturated heterocycles. The number of fused-ring (bicyclic) bond motifs is 1. The fourth-order valence-corrected chi connectivity index (χ4v) is 4.05. The predicted molar refractivity (Wildman–Crippen MR) is 86.3 cm³/mol. The molecule has 0 atom stereocenters. The molecule has 0 aliphatic rings. The van der Waals surface area contributed by atoms with E-state index in [1.165, 1.54) is 11.8 Å². The molecule has 0 bridgehead atoms. The second-order valence-electron chi connectivity index (χ2n) is 4.05. The predicted octanol–water partition coefficient (Wildman–Crippen LogP) is 2.90. The van der Waals surface area contributed by atoms with Crippen molar-refractivity contribution in [1.82, 2.24) is 30.4 Å². The lowest BCUT2D eigenvalue weighted by molar-refractivity contribution is 0.939. The highest BCUT2D eigenvalue weighted by molar-refractivity contribution is 8.03. The number of nitrogens with one attached hydrogen (secondary N) is 2. The smallest absolute Gasteiger partial charge is 0.225 e. The molecule has 110 valence electrons. The van der Waals surface area contributed by atoms with Crippen molar-refractivity contribution in [2.24, 2.45) is 0 Å². The van der Waals surface area contributed by atoms with E-state index in [1.807, 2.05) is 6.26 Å². The van der Waals surface area contributed by atoms with Gasteiger partial charge in [-0.15, -0.1) is 10.2 Å². The van der Waals surface area contributed by atoms with Crippen molar-refractivity contribution in [3.05, 3.63) is 6.20 Å². The monoisotopic (exact) mass is 339 g/mol. The summed E-state index contributed by atoms with van der Waals surface area (Å²) in [7, 11) is 0. The zero-order valence-corrected chi connectivity index (χ0v) is 13.9. The van der Waals surface area contributed by atoms with Crippen LogP contribution in [0.15, 0.2) is 19.9 Å². The van der Waals surface area contributed by atoms with E-state index in [0.29, 0.717) is 5.95 Å². The van der Waals surface area contributed by atoms with E-state index in [1.54, 1.807) is 29.3 Å². The third-order valence-electron chi connectivity index (χ3n) is 2.55. The standard InChI is InChI=1S/C11H13N7S3/c1-3-4-12-9-14-7-6(5-13-16-7)8(15-9)20-11-18-17-10(19-2)21-11/h5H,3-4H2,1-2H3,(H2,12,13,14,15,16). The molecule has 0 aliphatic carbocycles. The maximum Gasteiger partial charge on any atom is 0.225 e. The Labute approximate surface area is 133 Å². The number of hydrogen-bond donors (Lipinski definition) is 2. The molecule has 0 amide bonds. The fourth-order valence-electron chi connectivity index (χ4n) is 1.61. The molecule has 0 aliphatic heterocycles. The summed E-state index contributed by atoms with van der Waals surface area (Å²) in [6.45, 7) is 2.93. The van der Waals surface area contributed by atoms with E-state index < -0.39 is 0 Å². The third-order valence-corrected chi connectivity index (χ3v) is 5.51. The van der Waals surface area contributed by atoms with Gasteiger partial charge >= 0.3 is 0 Å². The molecule has 0 radical (unpaired) electrons. The minimum atomic E-state index is 0.603. The maximum atomic E-state index is 4.55. The van der Waals surface area contributed by atoms with Gasteiger partial charge in [0, 0.05) is 6.54 Å². The Balaban J connectivity index is 1.93. The van der Waals surface area contributed by atoms with Crippen molar-refractivity contribution in [2.45, 2.75) is 27.0 Å². The van der Waals surface area contributed by atoms with Gasteiger partial charge in [0.05, 0.1) is 11.6 Å². The van der Waals surface area contributed by atoms with Crippen molar-refractivity contribution in [3.8, 4) is 0 Å². The van der Waals surface area contributed by atoms with Crippen molar-refractivity contribution < 1.29 is 0 Å². The fraction of sp³-hybridized carbons (Fsp3) is 0.364. The van der Waals surface area contributed by atoms with Crippen LogP contribution in [-0.2, 0) is 0 Å². The van der Waals surface area contributed by atoms with Gasteiger partial charge in [-0.1, -0.05) is 30.0 Å². The molecule has 0 aromatic carbocycles. The molecule has 3 aromatic heterocycles. The first-order chi connectivity index (χ1) is 10.3. The van der Waals surface area contributed by atoms with E-state index in [9.17, 15) is 0 Å². The SMILES string of the molecule is CCCNc1nc(Sc2nnc(SC)s2)c2cn[nH]c2n1. The van der Waals surface area contributed by atoms with Gasteiger partial charge in [0.25, 0.3) is 0 Å². The van der Waals surface area contributed by atoms with Crippen LogP contribution in [0.5, 0.6) is 0 Å². The molecule has 3 aromatic rings. The zero-order valence-electron chi connectivity index (χ0n) is 11.5. The van der Waals surface area contributed by atoms with Gasteiger partial charge in [-0.2, -0.15) is 10.1 Å². The lowest BCUT2D eigenvalue weighted by Gasteiger charge is -2.05. The minimum Gasteiger partial charge on any atom is -0.354 e. The van der Waals surface area contributed by atoms with E-state index in [-0.39, 0.29) is 0 Å². The Morgan fingerprint density at radius 1 is 1.29 bits per heavy atom. The largest absolute Gasteiger partial charge is 0.354 e. The summed E-state index contributed by atoms with van der Waals surface area (Å²) in [5, 5.41) is 20.1. The molecule has 10 heteroatoms. The van der Waals surface area contributed by atoms with Gasteiger partial charge in [-0.3, -0.25) is 5.10 Å². The molecule has 0 saturated carbocycles. The molecular weight excluding hydrogens is 326 g/mol. The van der Waals surface area contributed by atoms with Crippen molar-refractivity contribution in [2.75, 3.05) is 18.1 Å². The third kappa shape index (κ3) is 3.27. The van der Waals surface area contributed by atoms with Crippen LogP contribution in [0.3, 0.4) is 0 Å². The van der Waals surface area contributed by atoms with Crippen LogP contribution in [0.25, 0.3) is 11.0 Å². The topological polar surface area (TPSA) is 92.3 Å². The first kappa shape index (κ1) is 14.5. The first-order valence-electron chi connectivity index (χ1n) is 6.30. The molecular formula is C11H13N7S3. The number of H-pyrrole nitrogens is 1. The number of anilines is 1. The Kier molecular flexibility index (Phi) is 4.56. The number of hydrogen-bond acceptors (Lipinski definition) is 9. The molecule has 0 spiro atoms. The molecule has 2 N–H and O–H groups in total. The van der Waals surface area contributed by atoms with Crippen LogP contribution in [0.2, 0.25) is 0 Å². The summed E-state index contributed by atoms with van der Waals surface area (Å²) < 4.78 is 1.81. The molecule has 21 heavy (non-hydrogen) atoms.